The molecular weight excluding hydrogens is 220 g/mol. The second-order valence-electron chi connectivity index (χ2n) is 4.24. The molecule has 2 aromatic rings. The topological polar surface area (TPSA) is 37.3 Å². The van der Waals surface area contributed by atoms with E-state index in [0.717, 1.165) is 5.65 Å². The number of nitrogens with one attached hydrogen (secondary N) is 1. The van der Waals surface area contributed by atoms with Gasteiger partial charge in [0.2, 0.25) is 0 Å². The second-order valence-corrected chi connectivity index (χ2v) is 5.39. The van der Waals surface area contributed by atoms with Crippen LogP contribution < -0.4 is 5.56 Å². The maximum atomic E-state index is 11.6. The lowest BCUT2D eigenvalue weighted by Gasteiger charge is -2.19. The van der Waals surface area contributed by atoms with Crippen LogP contribution >= 0.6 is 11.8 Å². The smallest absolute Gasteiger partial charge is 0.256 e. The number of aromatic nitrogens is 2. The van der Waals surface area contributed by atoms with Gasteiger partial charge in [0.05, 0.1) is 0 Å². The van der Waals surface area contributed by atoms with Crippen LogP contribution in [-0.4, -0.2) is 20.9 Å². The van der Waals surface area contributed by atoms with E-state index in [-0.39, 0.29) is 5.56 Å². The minimum Gasteiger partial charge on any atom is -0.343 e. The van der Waals surface area contributed by atoms with E-state index in [9.17, 15) is 4.79 Å². The fraction of sp³-hybridized carbons (Fsp3) is 0.417. The Morgan fingerprint density at radius 2 is 2.38 bits per heavy atom. The first kappa shape index (κ1) is 10.0. The third-order valence-electron chi connectivity index (χ3n) is 3.13. The third-order valence-corrected chi connectivity index (χ3v) is 4.35. The lowest BCUT2D eigenvalue weighted by molar-refractivity contribution is 0.647. The zero-order chi connectivity index (χ0) is 11.0. The summed E-state index contributed by atoms with van der Waals surface area (Å²) in [6.07, 6.45) is 4.47. The average molecular weight is 234 g/mol. The van der Waals surface area contributed by atoms with Gasteiger partial charge in [-0.1, -0.05) is 6.07 Å². The third kappa shape index (κ3) is 1.67. The van der Waals surface area contributed by atoms with E-state index in [2.05, 4.69) is 4.98 Å². The van der Waals surface area contributed by atoms with Crippen LogP contribution in [0, 0.1) is 0 Å². The molecule has 1 atom stereocenters. The number of aromatic amines is 1. The monoisotopic (exact) mass is 234 g/mol. The molecule has 3 rings (SSSR count). The summed E-state index contributed by atoms with van der Waals surface area (Å²) in [4.78, 5) is 15.0. The van der Waals surface area contributed by atoms with Crippen molar-refractivity contribution < 1.29 is 0 Å². The molecule has 1 aliphatic heterocycles. The van der Waals surface area contributed by atoms with Crippen molar-refractivity contribution in [2.75, 3.05) is 11.5 Å². The number of thioether (sulfide) groups is 1. The highest BCUT2D eigenvalue weighted by molar-refractivity contribution is 7.99. The molecular formula is C12H14N2OS. The van der Waals surface area contributed by atoms with E-state index < -0.39 is 0 Å². The van der Waals surface area contributed by atoms with Gasteiger partial charge < -0.3 is 4.98 Å². The highest BCUT2D eigenvalue weighted by atomic mass is 32.2. The number of hydrogen-bond acceptors (Lipinski definition) is 2. The molecule has 0 amide bonds. The number of hydrogen-bond donors (Lipinski definition) is 1. The van der Waals surface area contributed by atoms with Crippen molar-refractivity contribution in [1.29, 1.82) is 0 Å². The molecule has 3 heterocycles. The molecule has 1 N–H and O–H groups in total. The molecule has 2 aromatic heterocycles. The van der Waals surface area contributed by atoms with E-state index >= 15 is 0 Å². The van der Waals surface area contributed by atoms with Gasteiger partial charge in [-0.3, -0.25) is 9.20 Å². The first-order valence-corrected chi connectivity index (χ1v) is 6.78. The van der Waals surface area contributed by atoms with Crippen LogP contribution in [0.2, 0.25) is 0 Å². The number of pyridine rings is 1. The second kappa shape index (κ2) is 4.01. The van der Waals surface area contributed by atoms with Crippen LogP contribution in [0.3, 0.4) is 0 Å². The van der Waals surface area contributed by atoms with Gasteiger partial charge in [-0.05, 0) is 24.7 Å². The lowest BCUT2D eigenvalue weighted by Crippen LogP contribution is -2.10. The summed E-state index contributed by atoms with van der Waals surface area (Å²) in [5.41, 5.74) is 2.15. The van der Waals surface area contributed by atoms with Crippen LogP contribution in [0.5, 0.6) is 0 Å². The Morgan fingerprint density at radius 3 is 3.12 bits per heavy atom. The molecule has 0 aromatic carbocycles. The van der Waals surface area contributed by atoms with E-state index in [1.54, 1.807) is 16.5 Å². The summed E-state index contributed by atoms with van der Waals surface area (Å²) in [6.45, 7) is 0. The molecule has 0 bridgehead atoms. The van der Waals surface area contributed by atoms with Crippen molar-refractivity contribution in [1.82, 2.24) is 9.38 Å². The van der Waals surface area contributed by atoms with Crippen LogP contribution in [0.15, 0.2) is 29.2 Å². The number of nitrogens with zero attached hydrogens (tertiary/aromatic N) is 1. The van der Waals surface area contributed by atoms with Crippen molar-refractivity contribution in [2.45, 2.75) is 18.8 Å². The summed E-state index contributed by atoms with van der Waals surface area (Å²) in [7, 11) is 0. The molecule has 16 heavy (non-hydrogen) atoms. The van der Waals surface area contributed by atoms with Gasteiger partial charge in [-0.15, -0.1) is 0 Å². The van der Waals surface area contributed by atoms with E-state index in [1.807, 2.05) is 24.0 Å². The quantitative estimate of drug-likeness (QED) is 0.821. The lowest BCUT2D eigenvalue weighted by atomic mass is 10.0. The Bertz CT molecular complexity index is 551. The Labute approximate surface area is 97.9 Å². The fourth-order valence-corrected chi connectivity index (χ4v) is 3.42. The van der Waals surface area contributed by atoms with Gasteiger partial charge in [0.25, 0.3) is 5.56 Å². The van der Waals surface area contributed by atoms with Crippen molar-refractivity contribution in [3.05, 3.63) is 40.4 Å². The summed E-state index contributed by atoms with van der Waals surface area (Å²) in [5.74, 6) is 3.02. The minimum atomic E-state index is 0.0449. The van der Waals surface area contributed by atoms with E-state index in [4.69, 9.17) is 0 Å². The van der Waals surface area contributed by atoms with Crippen LogP contribution in [0.4, 0.5) is 0 Å². The molecule has 0 spiro atoms. The molecule has 4 heteroatoms. The largest absolute Gasteiger partial charge is 0.343 e. The first-order chi connectivity index (χ1) is 7.84. The van der Waals surface area contributed by atoms with Crippen LogP contribution in [0.1, 0.15) is 24.5 Å². The summed E-state index contributed by atoms with van der Waals surface area (Å²) < 4.78 is 1.70. The highest BCUT2D eigenvalue weighted by Gasteiger charge is 2.17. The van der Waals surface area contributed by atoms with Crippen molar-refractivity contribution in [2.24, 2.45) is 0 Å². The van der Waals surface area contributed by atoms with E-state index in [0.29, 0.717) is 5.92 Å². The first-order valence-electron chi connectivity index (χ1n) is 5.62. The van der Waals surface area contributed by atoms with Crippen LogP contribution in [0.25, 0.3) is 5.65 Å². The predicted octanol–water partition coefficient (Wildman–Crippen LogP) is 2.24. The summed E-state index contributed by atoms with van der Waals surface area (Å²) in [6, 6.07) is 5.34. The van der Waals surface area contributed by atoms with Gasteiger partial charge in [0, 0.05) is 29.6 Å². The molecule has 84 valence electrons. The van der Waals surface area contributed by atoms with Gasteiger partial charge in [0.1, 0.15) is 5.65 Å². The Morgan fingerprint density at radius 1 is 1.44 bits per heavy atom. The number of H-pyrrole nitrogens is 1. The van der Waals surface area contributed by atoms with Crippen LogP contribution in [-0.2, 0) is 0 Å². The molecule has 0 saturated carbocycles. The molecule has 0 aliphatic carbocycles. The number of rotatable bonds is 1. The normalized spacial score (nSPS) is 21.4. The summed E-state index contributed by atoms with van der Waals surface area (Å²) in [5, 5.41) is 0. The highest BCUT2D eigenvalue weighted by Crippen LogP contribution is 2.30. The van der Waals surface area contributed by atoms with Crippen molar-refractivity contribution in [3.63, 3.8) is 0 Å². The molecule has 1 fully saturated rings. The predicted molar refractivity (Wildman–Crippen MR) is 67.3 cm³/mol. The maximum absolute atomic E-state index is 11.6. The molecule has 0 radical (unpaired) electrons. The average Bonchev–Trinajstić information content (AvgIpc) is 2.76. The molecule has 1 aliphatic rings. The number of imidazole rings is 1. The van der Waals surface area contributed by atoms with Gasteiger partial charge >= 0.3 is 0 Å². The zero-order valence-corrected chi connectivity index (χ0v) is 9.80. The Kier molecular flexibility index (Phi) is 2.52. The molecule has 1 unspecified atom stereocenters. The van der Waals surface area contributed by atoms with Crippen molar-refractivity contribution in [3.8, 4) is 0 Å². The zero-order valence-electron chi connectivity index (χ0n) is 8.98. The van der Waals surface area contributed by atoms with Gasteiger partial charge in [-0.2, -0.15) is 11.8 Å². The van der Waals surface area contributed by atoms with Gasteiger partial charge in [-0.25, -0.2) is 0 Å². The molecule has 1 saturated heterocycles. The Balaban J connectivity index is 2.04. The molecule has 3 nitrogen and oxygen atoms in total. The standard InChI is InChI=1S/C12H14N2OS/c15-12-5-1-4-11-13-10(7-14(11)12)9-3-2-6-16-8-9/h1,4-5,7,9,13H,2-3,6,8H2. The Hall–Kier alpha value is -1.16. The SMILES string of the molecule is O=c1cccc2[nH]c(C3CCCSC3)cn12. The maximum Gasteiger partial charge on any atom is 0.256 e. The fourth-order valence-electron chi connectivity index (χ4n) is 2.25. The van der Waals surface area contributed by atoms with E-state index in [1.165, 1.54) is 30.0 Å². The minimum absolute atomic E-state index is 0.0449. The number of fused-ring (bicyclic) bond motifs is 1. The van der Waals surface area contributed by atoms with Gasteiger partial charge in [0.15, 0.2) is 0 Å². The summed E-state index contributed by atoms with van der Waals surface area (Å²) >= 11 is 2.00. The van der Waals surface area contributed by atoms with Crippen molar-refractivity contribution >= 4 is 17.4 Å².